The van der Waals surface area contributed by atoms with Crippen molar-refractivity contribution in [3.63, 3.8) is 0 Å². The molecule has 2 aliphatic rings. The van der Waals surface area contributed by atoms with Gasteiger partial charge in [-0.15, -0.1) is 0 Å². The van der Waals surface area contributed by atoms with Crippen molar-refractivity contribution < 1.29 is 14.3 Å². The number of fused-ring (bicyclic) bond motifs is 1. The van der Waals surface area contributed by atoms with Crippen LogP contribution in [0.25, 0.3) is 0 Å². The summed E-state index contributed by atoms with van der Waals surface area (Å²) in [6.07, 6.45) is 8.31. The third kappa shape index (κ3) is 3.78. The van der Waals surface area contributed by atoms with Crippen LogP contribution in [0.3, 0.4) is 0 Å². The summed E-state index contributed by atoms with van der Waals surface area (Å²) in [5.41, 5.74) is 2.48. The number of rotatable bonds is 5. The van der Waals surface area contributed by atoms with Crippen molar-refractivity contribution in [2.75, 3.05) is 13.3 Å². The number of carbonyl (C=O) groups excluding carboxylic acids is 1. The number of nitrogens with one attached hydrogen (secondary N) is 1. The molecule has 1 aliphatic heterocycles. The molecular weight excluding hydrogens is 266 g/mol. The molecule has 0 aromatic heterocycles. The molecule has 0 saturated heterocycles. The average Bonchev–Trinajstić information content (AvgIpc) is 2.99. The fraction of sp³-hybridized carbons (Fsp3) is 0.471. The first-order valence-corrected chi connectivity index (χ1v) is 7.64. The SMILES string of the molecule is O=C(CCc1ccc2c(c1)OCO2)NCC1=CCCCC1. The summed E-state index contributed by atoms with van der Waals surface area (Å²) in [6.45, 7) is 0.994. The van der Waals surface area contributed by atoms with E-state index in [1.165, 1.54) is 18.4 Å². The van der Waals surface area contributed by atoms with E-state index in [4.69, 9.17) is 9.47 Å². The van der Waals surface area contributed by atoms with Gasteiger partial charge in [-0.3, -0.25) is 4.79 Å². The van der Waals surface area contributed by atoms with Gasteiger partial charge in [0, 0.05) is 13.0 Å². The molecule has 1 aromatic rings. The zero-order valence-corrected chi connectivity index (χ0v) is 12.2. The van der Waals surface area contributed by atoms with Crippen molar-refractivity contribution in [1.29, 1.82) is 0 Å². The van der Waals surface area contributed by atoms with Gasteiger partial charge in [-0.2, -0.15) is 0 Å². The van der Waals surface area contributed by atoms with E-state index >= 15 is 0 Å². The van der Waals surface area contributed by atoms with Crippen LogP contribution < -0.4 is 14.8 Å². The number of hydrogen-bond acceptors (Lipinski definition) is 3. The first-order valence-electron chi connectivity index (χ1n) is 7.64. The minimum Gasteiger partial charge on any atom is -0.454 e. The molecule has 1 N–H and O–H groups in total. The van der Waals surface area contributed by atoms with Gasteiger partial charge in [0.05, 0.1) is 0 Å². The van der Waals surface area contributed by atoms with Gasteiger partial charge in [0.2, 0.25) is 12.7 Å². The Bertz CT molecular complexity index is 551. The number of aryl methyl sites for hydroxylation is 1. The molecule has 0 unspecified atom stereocenters. The van der Waals surface area contributed by atoms with Crippen LogP contribution >= 0.6 is 0 Å². The predicted molar refractivity (Wildman–Crippen MR) is 80.4 cm³/mol. The molecule has 21 heavy (non-hydrogen) atoms. The Labute approximate surface area is 125 Å². The Hall–Kier alpha value is -1.97. The summed E-state index contributed by atoms with van der Waals surface area (Å²) in [6, 6.07) is 5.85. The lowest BCUT2D eigenvalue weighted by molar-refractivity contribution is -0.120. The van der Waals surface area contributed by atoms with E-state index in [0.29, 0.717) is 13.0 Å². The molecule has 4 heteroatoms. The number of carbonyl (C=O) groups is 1. The van der Waals surface area contributed by atoms with E-state index in [2.05, 4.69) is 11.4 Å². The molecule has 0 saturated carbocycles. The highest BCUT2D eigenvalue weighted by molar-refractivity contribution is 5.76. The van der Waals surface area contributed by atoms with Gasteiger partial charge in [0.25, 0.3) is 0 Å². The zero-order valence-electron chi connectivity index (χ0n) is 12.2. The Balaban J connectivity index is 1.44. The van der Waals surface area contributed by atoms with Crippen LogP contribution in [-0.2, 0) is 11.2 Å². The monoisotopic (exact) mass is 287 g/mol. The van der Waals surface area contributed by atoms with Crippen molar-refractivity contribution in [3.8, 4) is 11.5 Å². The summed E-state index contributed by atoms with van der Waals surface area (Å²) in [5.74, 6) is 1.67. The molecule has 0 bridgehead atoms. The first kappa shape index (κ1) is 14.0. The highest BCUT2D eigenvalue weighted by Crippen LogP contribution is 2.32. The molecule has 0 radical (unpaired) electrons. The van der Waals surface area contributed by atoms with Crippen molar-refractivity contribution in [1.82, 2.24) is 5.32 Å². The fourth-order valence-electron chi connectivity index (χ4n) is 2.72. The number of hydrogen-bond donors (Lipinski definition) is 1. The number of allylic oxidation sites excluding steroid dienone is 1. The van der Waals surface area contributed by atoms with Crippen LogP contribution in [0, 0.1) is 0 Å². The van der Waals surface area contributed by atoms with Gasteiger partial charge in [-0.1, -0.05) is 17.7 Å². The van der Waals surface area contributed by atoms with Crippen molar-refractivity contribution in [2.24, 2.45) is 0 Å². The van der Waals surface area contributed by atoms with E-state index in [1.54, 1.807) is 0 Å². The molecule has 1 aromatic carbocycles. The smallest absolute Gasteiger partial charge is 0.231 e. The minimum absolute atomic E-state index is 0.110. The van der Waals surface area contributed by atoms with Crippen molar-refractivity contribution in [3.05, 3.63) is 35.4 Å². The van der Waals surface area contributed by atoms with E-state index in [-0.39, 0.29) is 12.7 Å². The average molecular weight is 287 g/mol. The maximum absolute atomic E-state index is 11.9. The molecule has 3 rings (SSSR count). The van der Waals surface area contributed by atoms with Gasteiger partial charge in [0.1, 0.15) is 0 Å². The third-order valence-electron chi connectivity index (χ3n) is 3.98. The van der Waals surface area contributed by atoms with E-state index < -0.39 is 0 Å². The van der Waals surface area contributed by atoms with Gasteiger partial charge in [-0.05, 0) is 49.8 Å². The highest BCUT2D eigenvalue weighted by atomic mass is 16.7. The van der Waals surface area contributed by atoms with Crippen LogP contribution in [0.4, 0.5) is 0 Å². The topological polar surface area (TPSA) is 47.6 Å². The van der Waals surface area contributed by atoms with E-state index in [1.807, 2.05) is 18.2 Å². The van der Waals surface area contributed by atoms with Gasteiger partial charge < -0.3 is 14.8 Å². The van der Waals surface area contributed by atoms with Gasteiger partial charge in [0.15, 0.2) is 11.5 Å². The van der Waals surface area contributed by atoms with Crippen LogP contribution in [0.15, 0.2) is 29.8 Å². The second-order valence-electron chi connectivity index (χ2n) is 5.57. The molecule has 0 atom stereocenters. The lowest BCUT2D eigenvalue weighted by atomic mass is 9.99. The quantitative estimate of drug-likeness (QED) is 0.847. The van der Waals surface area contributed by atoms with Crippen LogP contribution in [0.1, 0.15) is 37.7 Å². The first-order chi connectivity index (χ1) is 10.3. The summed E-state index contributed by atoms with van der Waals surface area (Å²) in [4.78, 5) is 11.9. The molecule has 1 amide bonds. The molecule has 4 nitrogen and oxygen atoms in total. The number of benzene rings is 1. The molecule has 1 heterocycles. The van der Waals surface area contributed by atoms with Crippen LogP contribution in [0.5, 0.6) is 11.5 Å². The van der Waals surface area contributed by atoms with Gasteiger partial charge in [-0.25, -0.2) is 0 Å². The standard InChI is InChI=1S/C17H21NO3/c19-17(18-11-14-4-2-1-3-5-14)9-7-13-6-8-15-16(10-13)21-12-20-15/h4,6,8,10H,1-3,5,7,9,11-12H2,(H,18,19). The normalized spacial score (nSPS) is 16.5. The molecule has 0 fully saturated rings. The molecule has 1 aliphatic carbocycles. The number of amides is 1. The third-order valence-corrected chi connectivity index (χ3v) is 3.98. The van der Waals surface area contributed by atoms with E-state index in [9.17, 15) is 4.79 Å². The Morgan fingerprint density at radius 3 is 2.95 bits per heavy atom. The Morgan fingerprint density at radius 2 is 2.10 bits per heavy atom. The summed E-state index contributed by atoms with van der Waals surface area (Å²) < 4.78 is 10.6. The van der Waals surface area contributed by atoms with Crippen molar-refractivity contribution in [2.45, 2.75) is 38.5 Å². The second-order valence-corrected chi connectivity index (χ2v) is 5.57. The van der Waals surface area contributed by atoms with Gasteiger partial charge >= 0.3 is 0 Å². The maximum Gasteiger partial charge on any atom is 0.231 e. The lowest BCUT2D eigenvalue weighted by Crippen LogP contribution is -2.26. The largest absolute Gasteiger partial charge is 0.454 e. The molecule has 0 spiro atoms. The van der Waals surface area contributed by atoms with Crippen LogP contribution in [0.2, 0.25) is 0 Å². The predicted octanol–water partition coefficient (Wildman–Crippen LogP) is 2.96. The fourth-order valence-corrected chi connectivity index (χ4v) is 2.72. The summed E-state index contributed by atoms with van der Waals surface area (Å²) in [5, 5.41) is 3.01. The lowest BCUT2D eigenvalue weighted by Gasteiger charge is -2.13. The van der Waals surface area contributed by atoms with Crippen LogP contribution in [-0.4, -0.2) is 19.2 Å². The Kier molecular flexibility index (Phi) is 4.43. The summed E-state index contributed by atoms with van der Waals surface area (Å²) in [7, 11) is 0. The molecular formula is C17H21NO3. The molecule has 112 valence electrons. The Morgan fingerprint density at radius 1 is 1.19 bits per heavy atom. The van der Waals surface area contributed by atoms with Crippen molar-refractivity contribution >= 4 is 5.91 Å². The second kappa shape index (κ2) is 6.66. The summed E-state index contributed by atoms with van der Waals surface area (Å²) >= 11 is 0. The minimum atomic E-state index is 0.110. The highest BCUT2D eigenvalue weighted by Gasteiger charge is 2.13. The maximum atomic E-state index is 11.9. The zero-order chi connectivity index (χ0) is 14.5. The van der Waals surface area contributed by atoms with E-state index in [0.717, 1.165) is 36.3 Å². The number of ether oxygens (including phenoxy) is 2.